The number of nitrogens with one attached hydrogen (secondary N) is 1. The van der Waals surface area contributed by atoms with Crippen LogP contribution in [0.1, 0.15) is 17.8 Å². The van der Waals surface area contributed by atoms with Crippen molar-refractivity contribution in [2.45, 2.75) is 19.4 Å². The van der Waals surface area contributed by atoms with Gasteiger partial charge < -0.3 is 9.88 Å². The normalized spacial score (nSPS) is 10.4. The Hall–Kier alpha value is -2.06. The minimum absolute atomic E-state index is 0.0277. The Kier molecular flexibility index (Phi) is 4.59. The molecule has 20 heavy (non-hydrogen) atoms. The molecule has 0 saturated carbocycles. The van der Waals surface area contributed by atoms with E-state index in [4.69, 9.17) is 16.9 Å². The molecular weight excluding hydrogens is 276 g/mol. The van der Waals surface area contributed by atoms with E-state index < -0.39 is 0 Å². The molecule has 5 nitrogen and oxygen atoms in total. The SMILES string of the molecule is CNC(=O)CCn1c(CCCl)nc2c(C#N)cccc21. The molecule has 0 aliphatic carbocycles. The second-order valence-corrected chi connectivity index (χ2v) is 4.70. The van der Waals surface area contributed by atoms with E-state index in [1.165, 1.54) is 0 Å². The van der Waals surface area contributed by atoms with E-state index in [-0.39, 0.29) is 5.91 Å². The van der Waals surface area contributed by atoms with Crippen LogP contribution in [0.3, 0.4) is 0 Å². The van der Waals surface area contributed by atoms with Gasteiger partial charge in [0.1, 0.15) is 17.4 Å². The van der Waals surface area contributed by atoms with Crippen molar-refractivity contribution in [2.75, 3.05) is 12.9 Å². The molecule has 0 unspecified atom stereocenters. The number of hydrogen-bond donors (Lipinski definition) is 1. The number of carbonyl (C=O) groups excluding carboxylic acids is 1. The largest absolute Gasteiger partial charge is 0.359 e. The molecule has 0 radical (unpaired) electrons. The quantitative estimate of drug-likeness (QED) is 0.854. The summed E-state index contributed by atoms with van der Waals surface area (Å²) in [6.07, 6.45) is 0.975. The fraction of sp³-hybridized carbons (Fsp3) is 0.357. The number of nitrogens with zero attached hydrogens (tertiary/aromatic N) is 3. The smallest absolute Gasteiger partial charge is 0.221 e. The van der Waals surface area contributed by atoms with Crippen molar-refractivity contribution in [1.82, 2.24) is 14.9 Å². The van der Waals surface area contributed by atoms with Crippen molar-refractivity contribution in [3.63, 3.8) is 0 Å². The molecule has 1 amide bonds. The summed E-state index contributed by atoms with van der Waals surface area (Å²) in [5, 5.41) is 11.7. The van der Waals surface area contributed by atoms with Crippen molar-refractivity contribution >= 4 is 28.5 Å². The first kappa shape index (κ1) is 14.4. The Morgan fingerprint density at radius 2 is 2.35 bits per heavy atom. The summed E-state index contributed by atoms with van der Waals surface area (Å²) in [6.45, 7) is 0.525. The minimum atomic E-state index is -0.0277. The third-order valence-electron chi connectivity index (χ3n) is 3.14. The average molecular weight is 291 g/mol. The second-order valence-electron chi connectivity index (χ2n) is 4.33. The van der Waals surface area contributed by atoms with Crippen LogP contribution in [-0.4, -0.2) is 28.4 Å². The van der Waals surface area contributed by atoms with Crippen LogP contribution in [0.2, 0.25) is 0 Å². The lowest BCUT2D eigenvalue weighted by atomic mass is 10.2. The van der Waals surface area contributed by atoms with Gasteiger partial charge in [0.25, 0.3) is 0 Å². The number of para-hydroxylation sites is 1. The Balaban J connectivity index is 2.46. The highest BCUT2D eigenvalue weighted by Gasteiger charge is 2.13. The van der Waals surface area contributed by atoms with E-state index in [1.54, 1.807) is 13.1 Å². The van der Waals surface area contributed by atoms with E-state index in [0.717, 1.165) is 11.3 Å². The zero-order chi connectivity index (χ0) is 14.5. The average Bonchev–Trinajstić information content (AvgIpc) is 2.82. The number of imidazole rings is 1. The van der Waals surface area contributed by atoms with E-state index in [2.05, 4.69) is 16.4 Å². The molecule has 0 fully saturated rings. The number of amides is 1. The fourth-order valence-corrected chi connectivity index (χ4v) is 2.32. The van der Waals surface area contributed by atoms with Crippen LogP contribution >= 0.6 is 11.6 Å². The van der Waals surface area contributed by atoms with E-state index in [0.29, 0.717) is 36.3 Å². The summed E-state index contributed by atoms with van der Waals surface area (Å²) < 4.78 is 1.97. The maximum absolute atomic E-state index is 11.4. The monoisotopic (exact) mass is 290 g/mol. The zero-order valence-corrected chi connectivity index (χ0v) is 11.9. The molecule has 1 aromatic heterocycles. The molecule has 1 heterocycles. The van der Waals surface area contributed by atoms with Crippen LogP contribution in [0, 0.1) is 11.3 Å². The van der Waals surface area contributed by atoms with Crippen LogP contribution in [0.15, 0.2) is 18.2 Å². The molecule has 0 saturated heterocycles. The lowest BCUT2D eigenvalue weighted by molar-refractivity contribution is -0.120. The molecule has 6 heteroatoms. The van der Waals surface area contributed by atoms with Crippen LogP contribution in [-0.2, 0) is 17.8 Å². The Morgan fingerprint density at radius 3 is 3.00 bits per heavy atom. The molecular formula is C14H15ClN4O. The third kappa shape index (κ3) is 2.75. The maximum atomic E-state index is 11.4. The van der Waals surface area contributed by atoms with Gasteiger partial charge in [-0.2, -0.15) is 5.26 Å². The highest BCUT2D eigenvalue weighted by Crippen LogP contribution is 2.20. The highest BCUT2D eigenvalue weighted by atomic mass is 35.5. The van der Waals surface area contributed by atoms with E-state index in [9.17, 15) is 4.79 Å². The van der Waals surface area contributed by atoms with Crippen molar-refractivity contribution in [2.24, 2.45) is 0 Å². The van der Waals surface area contributed by atoms with Gasteiger partial charge in [-0.25, -0.2) is 4.98 Å². The third-order valence-corrected chi connectivity index (χ3v) is 3.33. The molecule has 0 spiro atoms. The van der Waals surface area contributed by atoms with E-state index >= 15 is 0 Å². The Bertz CT molecular complexity index is 672. The number of hydrogen-bond acceptors (Lipinski definition) is 3. The molecule has 1 N–H and O–H groups in total. The first-order valence-corrected chi connectivity index (χ1v) is 6.89. The van der Waals surface area contributed by atoms with Gasteiger partial charge in [0.2, 0.25) is 5.91 Å². The minimum Gasteiger partial charge on any atom is -0.359 e. The van der Waals surface area contributed by atoms with Crippen LogP contribution in [0.5, 0.6) is 0 Å². The number of aromatic nitrogens is 2. The summed E-state index contributed by atoms with van der Waals surface area (Å²) >= 11 is 5.80. The van der Waals surface area contributed by atoms with Crippen LogP contribution < -0.4 is 5.32 Å². The Labute approximate surface area is 122 Å². The van der Waals surface area contributed by atoms with Crippen LogP contribution in [0.4, 0.5) is 0 Å². The number of rotatable bonds is 5. The number of alkyl halides is 1. The fourth-order valence-electron chi connectivity index (χ4n) is 2.15. The van der Waals surface area contributed by atoms with Gasteiger partial charge >= 0.3 is 0 Å². The van der Waals surface area contributed by atoms with Crippen LogP contribution in [0.25, 0.3) is 11.0 Å². The Morgan fingerprint density at radius 1 is 1.55 bits per heavy atom. The maximum Gasteiger partial charge on any atom is 0.221 e. The highest BCUT2D eigenvalue weighted by molar-refractivity contribution is 6.17. The molecule has 104 valence electrons. The van der Waals surface area contributed by atoms with Gasteiger partial charge in [-0.05, 0) is 12.1 Å². The van der Waals surface area contributed by atoms with Gasteiger partial charge in [-0.1, -0.05) is 6.07 Å². The van der Waals surface area contributed by atoms with Crippen molar-refractivity contribution in [3.05, 3.63) is 29.6 Å². The molecule has 1 aromatic carbocycles. The molecule has 2 rings (SSSR count). The topological polar surface area (TPSA) is 70.7 Å². The van der Waals surface area contributed by atoms with Gasteiger partial charge in [0.05, 0.1) is 11.1 Å². The zero-order valence-electron chi connectivity index (χ0n) is 11.2. The van der Waals surface area contributed by atoms with Gasteiger partial charge in [-0.3, -0.25) is 4.79 Å². The summed E-state index contributed by atoms with van der Waals surface area (Å²) in [7, 11) is 1.61. The molecule has 0 atom stereocenters. The lowest BCUT2D eigenvalue weighted by Crippen LogP contribution is -2.20. The molecule has 0 aliphatic rings. The number of benzene rings is 1. The van der Waals surface area contributed by atoms with E-state index in [1.807, 2.05) is 16.7 Å². The summed E-state index contributed by atoms with van der Waals surface area (Å²) in [5.74, 6) is 1.23. The number of halogens is 1. The van der Waals surface area contributed by atoms with Gasteiger partial charge in [-0.15, -0.1) is 11.6 Å². The van der Waals surface area contributed by atoms with Crippen molar-refractivity contribution in [1.29, 1.82) is 5.26 Å². The summed E-state index contributed by atoms with van der Waals surface area (Å²) in [5.41, 5.74) is 2.08. The van der Waals surface area contributed by atoms with Gasteiger partial charge in [0.15, 0.2) is 0 Å². The standard InChI is InChI=1S/C14H15ClN4O/c1-17-13(20)6-8-19-11-4-2-3-10(9-16)14(11)18-12(19)5-7-15/h2-4H,5-8H2,1H3,(H,17,20). The molecule has 0 bridgehead atoms. The van der Waals surface area contributed by atoms with Crippen molar-refractivity contribution in [3.8, 4) is 6.07 Å². The summed E-state index contributed by atoms with van der Waals surface area (Å²) in [4.78, 5) is 15.9. The molecule has 2 aromatic rings. The second kappa shape index (κ2) is 6.40. The van der Waals surface area contributed by atoms with Crippen molar-refractivity contribution < 1.29 is 4.79 Å². The van der Waals surface area contributed by atoms with Gasteiger partial charge in [0, 0.05) is 32.3 Å². The predicted octanol–water partition coefficient (Wildman–Crippen LogP) is 1.83. The lowest BCUT2D eigenvalue weighted by Gasteiger charge is -2.07. The summed E-state index contributed by atoms with van der Waals surface area (Å²) in [6, 6.07) is 7.61. The number of fused-ring (bicyclic) bond motifs is 1. The first-order valence-electron chi connectivity index (χ1n) is 6.36. The first-order chi connectivity index (χ1) is 9.71. The molecule has 0 aliphatic heterocycles. The number of aryl methyl sites for hydroxylation is 2. The number of carbonyl (C=O) groups is 1. The predicted molar refractivity (Wildman–Crippen MR) is 77.6 cm³/mol. The number of nitriles is 1.